The number of rotatable bonds is 4. The zero-order valence-electron chi connectivity index (χ0n) is 14.3. The van der Waals surface area contributed by atoms with Crippen LogP contribution in [0.15, 0.2) is 73.2 Å². The smallest absolute Gasteiger partial charge is 0.255 e. The number of hydrogen-bond donors (Lipinski definition) is 2. The summed E-state index contributed by atoms with van der Waals surface area (Å²) in [7, 11) is 0. The molecule has 132 valence electrons. The van der Waals surface area contributed by atoms with E-state index in [2.05, 4.69) is 20.3 Å². The fourth-order valence-corrected chi connectivity index (χ4v) is 2.78. The number of carbonyl (C=O) groups is 1. The first-order valence-corrected chi connectivity index (χ1v) is 8.42. The van der Waals surface area contributed by atoms with E-state index in [0.29, 0.717) is 22.5 Å². The van der Waals surface area contributed by atoms with Gasteiger partial charge in [-0.15, -0.1) is 0 Å². The molecule has 0 radical (unpaired) electrons. The van der Waals surface area contributed by atoms with E-state index in [1.54, 1.807) is 42.9 Å². The van der Waals surface area contributed by atoms with Crippen molar-refractivity contribution >= 4 is 22.6 Å². The van der Waals surface area contributed by atoms with Gasteiger partial charge in [-0.1, -0.05) is 24.3 Å². The van der Waals surface area contributed by atoms with Crippen LogP contribution < -0.4 is 5.32 Å². The molecule has 0 fully saturated rings. The number of carbonyl (C=O) groups excluding carboxylic acids is 1. The van der Waals surface area contributed by atoms with Gasteiger partial charge in [-0.05, 0) is 30.3 Å². The first kappa shape index (κ1) is 16.8. The molecule has 0 spiro atoms. The highest BCUT2D eigenvalue weighted by atomic mass is 16.3. The Bertz CT molecular complexity index is 1110. The molecule has 0 atom stereocenters. The molecule has 2 aromatic heterocycles. The van der Waals surface area contributed by atoms with Crippen LogP contribution >= 0.6 is 0 Å². The van der Waals surface area contributed by atoms with Crippen LogP contribution in [-0.4, -0.2) is 26.0 Å². The minimum Gasteiger partial charge on any atom is -0.392 e. The van der Waals surface area contributed by atoms with E-state index in [1.807, 2.05) is 30.3 Å². The van der Waals surface area contributed by atoms with Gasteiger partial charge in [0.25, 0.3) is 5.91 Å². The molecule has 0 saturated heterocycles. The van der Waals surface area contributed by atoms with Crippen molar-refractivity contribution in [2.75, 3.05) is 5.32 Å². The number of nitrogens with zero attached hydrogens (tertiary/aromatic N) is 3. The average Bonchev–Trinajstić information content (AvgIpc) is 2.74. The summed E-state index contributed by atoms with van der Waals surface area (Å²) in [5.74, 6) is -0.270. The van der Waals surface area contributed by atoms with Gasteiger partial charge < -0.3 is 10.4 Å². The molecular weight excluding hydrogens is 340 g/mol. The van der Waals surface area contributed by atoms with E-state index in [0.717, 1.165) is 16.6 Å². The van der Waals surface area contributed by atoms with Gasteiger partial charge in [-0.3, -0.25) is 14.8 Å². The molecule has 0 aliphatic heterocycles. The number of nitrogens with one attached hydrogen (secondary N) is 1. The number of benzene rings is 2. The quantitative estimate of drug-likeness (QED) is 0.585. The molecule has 1 amide bonds. The summed E-state index contributed by atoms with van der Waals surface area (Å²) >= 11 is 0. The van der Waals surface area contributed by atoms with Crippen molar-refractivity contribution in [1.29, 1.82) is 0 Å². The number of para-hydroxylation sites is 2. The lowest BCUT2D eigenvalue weighted by atomic mass is 10.1. The first-order chi connectivity index (χ1) is 13.2. The Labute approximate surface area is 155 Å². The topological polar surface area (TPSA) is 88.0 Å². The summed E-state index contributed by atoms with van der Waals surface area (Å²) in [6, 6.07) is 16.3. The molecule has 4 aromatic rings. The van der Waals surface area contributed by atoms with Crippen molar-refractivity contribution in [3.05, 3.63) is 84.3 Å². The molecule has 2 aromatic carbocycles. The van der Waals surface area contributed by atoms with Crippen LogP contribution in [0.1, 0.15) is 15.9 Å². The zero-order valence-corrected chi connectivity index (χ0v) is 14.3. The molecule has 0 saturated carbocycles. The second kappa shape index (κ2) is 7.31. The van der Waals surface area contributed by atoms with Crippen molar-refractivity contribution in [3.63, 3.8) is 0 Å². The lowest BCUT2D eigenvalue weighted by Gasteiger charge is -2.12. The number of anilines is 1. The van der Waals surface area contributed by atoms with Crippen LogP contribution in [0, 0.1) is 0 Å². The predicted molar refractivity (Wildman–Crippen MR) is 103 cm³/mol. The Morgan fingerprint density at radius 2 is 1.78 bits per heavy atom. The third kappa shape index (κ3) is 3.51. The number of aliphatic hydroxyl groups excluding tert-OH is 1. The van der Waals surface area contributed by atoms with Crippen molar-refractivity contribution in [1.82, 2.24) is 15.0 Å². The van der Waals surface area contributed by atoms with Crippen molar-refractivity contribution in [2.45, 2.75) is 6.61 Å². The fourth-order valence-electron chi connectivity index (χ4n) is 2.78. The molecule has 2 heterocycles. The lowest BCUT2D eigenvalue weighted by Crippen LogP contribution is -2.13. The average molecular weight is 356 g/mol. The lowest BCUT2D eigenvalue weighted by molar-refractivity contribution is 0.102. The maximum Gasteiger partial charge on any atom is 0.255 e. The molecular formula is C21H16N4O2. The van der Waals surface area contributed by atoms with Gasteiger partial charge in [0, 0.05) is 34.8 Å². The van der Waals surface area contributed by atoms with Gasteiger partial charge in [0.05, 0.1) is 29.5 Å². The highest BCUT2D eigenvalue weighted by Gasteiger charge is 2.11. The van der Waals surface area contributed by atoms with Crippen molar-refractivity contribution in [2.24, 2.45) is 0 Å². The minimum atomic E-state index is -0.270. The Morgan fingerprint density at radius 3 is 2.56 bits per heavy atom. The molecule has 0 bridgehead atoms. The summed E-state index contributed by atoms with van der Waals surface area (Å²) in [5, 5.41) is 12.5. The summed E-state index contributed by atoms with van der Waals surface area (Å²) < 4.78 is 0. The van der Waals surface area contributed by atoms with E-state index in [1.165, 1.54) is 0 Å². The maximum absolute atomic E-state index is 12.5. The van der Waals surface area contributed by atoms with Crippen LogP contribution in [0.3, 0.4) is 0 Å². The minimum absolute atomic E-state index is 0.185. The zero-order chi connectivity index (χ0) is 18.6. The Balaban J connectivity index is 1.70. The number of amides is 1. The van der Waals surface area contributed by atoms with Gasteiger partial charge in [-0.25, -0.2) is 4.98 Å². The second-order valence-electron chi connectivity index (χ2n) is 5.96. The normalized spacial score (nSPS) is 10.7. The van der Waals surface area contributed by atoms with E-state index in [4.69, 9.17) is 0 Å². The number of hydrogen-bond acceptors (Lipinski definition) is 5. The van der Waals surface area contributed by atoms with Crippen molar-refractivity contribution in [3.8, 4) is 11.3 Å². The molecule has 6 heteroatoms. The van der Waals surface area contributed by atoms with Crippen LogP contribution in [0.5, 0.6) is 0 Å². The van der Waals surface area contributed by atoms with Crippen LogP contribution in [0.2, 0.25) is 0 Å². The maximum atomic E-state index is 12.5. The largest absolute Gasteiger partial charge is 0.392 e. The molecule has 2 N–H and O–H groups in total. The van der Waals surface area contributed by atoms with Gasteiger partial charge in [-0.2, -0.15) is 0 Å². The summed E-state index contributed by atoms with van der Waals surface area (Å²) in [5.41, 5.74) is 4.75. The van der Waals surface area contributed by atoms with Gasteiger partial charge in [0.1, 0.15) is 0 Å². The summed E-state index contributed by atoms with van der Waals surface area (Å²) in [4.78, 5) is 25.4. The molecule has 0 aliphatic rings. The number of aromatic nitrogens is 3. The second-order valence-corrected chi connectivity index (χ2v) is 5.96. The van der Waals surface area contributed by atoms with E-state index >= 15 is 0 Å². The predicted octanol–water partition coefficient (Wildman–Crippen LogP) is 3.44. The molecule has 0 aliphatic carbocycles. The van der Waals surface area contributed by atoms with Gasteiger partial charge in [0.2, 0.25) is 0 Å². The summed E-state index contributed by atoms with van der Waals surface area (Å²) in [6.45, 7) is -0.185. The Kier molecular flexibility index (Phi) is 4.55. The van der Waals surface area contributed by atoms with Crippen LogP contribution in [0.25, 0.3) is 22.3 Å². The molecule has 6 nitrogen and oxygen atoms in total. The van der Waals surface area contributed by atoms with E-state index < -0.39 is 0 Å². The number of aliphatic hydroxyl groups is 1. The number of fused-ring (bicyclic) bond motifs is 1. The third-order valence-electron chi connectivity index (χ3n) is 4.22. The Morgan fingerprint density at radius 1 is 1.00 bits per heavy atom. The summed E-state index contributed by atoms with van der Waals surface area (Å²) in [6.07, 6.45) is 4.82. The highest BCUT2D eigenvalue weighted by molar-refractivity contribution is 6.04. The highest BCUT2D eigenvalue weighted by Crippen LogP contribution is 2.26. The van der Waals surface area contributed by atoms with E-state index in [-0.39, 0.29) is 12.5 Å². The van der Waals surface area contributed by atoms with Crippen molar-refractivity contribution < 1.29 is 9.90 Å². The Hall–Kier alpha value is -3.64. The van der Waals surface area contributed by atoms with Gasteiger partial charge in [0.15, 0.2) is 0 Å². The van der Waals surface area contributed by atoms with Gasteiger partial charge >= 0.3 is 0 Å². The standard InChI is InChI=1S/C21H16N4O2/c26-13-16-6-5-15(20-12-23-17-3-1-2-4-18(17)24-20)11-19(16)25-21(27)14-7-9-22-10-8-14/h1-12,26H,13H2,(H,25,27). The fraction of sp³-hybridized carbons (Fsp3) is 0.0476. The molecule has 27 heavy (non-hydrogen) atoms. The monoisotopic (exact) mass is 356 g/mol. The molecule has 0 unspecified atom stereocenters. The number of pyridine rings is 1. The van der Waals surface area contributed by atoms with E-state index in [9.17, 15) is 9.90 Å². The molecule has 4 rings (SSSR count). The van der Waals surface area contributed by atoms with Crippen LogP contribution in [0.4, 0.5) is 5.69 Å². The first-order valence-electron chi connectivity index (χ1n) is 8.42. The SMILES string of the molecule is O=C(Nc1cc(-c2cnc3ccccc3n2)ccc1CO)c1ccncc1. The van der Waals surface area contributed by atoms with Crippen LogP contribution in [-0.2, 0) is 6.61 Å². The third-order valence-corrected chi connectivity index (χ3v) is 4.22.